The minimum Gasteiger partial charge on any atom is -0.426 e. The maximum atomic E-state index is 12.2. The Balaban J connectivity index is 4.83. The summed E-state index contributed by atoms with van der Waals surface area (Å²) < 4.78 is 22.7. The maximum absolute atomic E-state index is 12.2. The van der Waals surface area contributed by atoms with Gasteiger partial charge in [-0.2, -0.15) is 0 Å². The molecule has 0 rings (SSSR count). The van der Waals surface area contributed by atoms with Crippen molar-refractivity contribution in [2.24, 2.45) is 0 Å². The zero-order chi connectivity index (χ0) is 12.2. The van der Waals surface area contributed by atoms with Gasteiger partial charge in [0.1, 0.15) is 10.3 Å². The van der Waals surface area contributed by atoms with E-state index < -0.39 is 7.60 Å². The van der Waals surface area contributed by atoms with Crippen LogP contribution in [0.3, 0.4) is 0 Å². The minimum absolute atomic E-state index is 0.0387. The van der Waals surface area contributed by atoms with E-state index >= 15 is 0 Å². The number of halogens is 2. The molecule has 0 N–H and O–H groups in total. The van der Waals surface area contributed by atoms with Gasteiger partial charge in [-0.1, -0.05) is 37.0 Å². The summed E-state index contributed by atoms with van der Waals surface area (Å²) >= 11 is 11.0. The maximum Gasteiger partial charge on any atom is 0.381 e. The third-order valence-electron chi connectivity index (χ3n) is 1.52. The van der Waals surface area contributed by atoms with E-state index in [1.165, 1.54) is 0 Å². The molecule has 0 saturated carbocycles. The molecule has 1 atom stereocenters. The highest BCUT2D eigenvalue weighted by Gasteiger charge is 2.32. The van der Waals surface area contributed by atoms with Crippen LogP contribution in [0, 0.1) is 0 Å². The van der Waals surface area contributed by atoms with Crippen molar-refractivity contribution in [3.63, 3.8) is 0 Å². The zero-order valence-electron chi connectivity index (χ0n) is 9.58. The largest absolute Gasteiger partial charge is 0.426 e. The van der Waals surface area contributed by atoms with Crippen molar-refractivity contribution in [3.8, 4) is 0 Å². The molecule has 0 aliphatic rings. The van der Waals surface area contributed by atoms with Crippen LogP contribution in [0.4, 0.5) is 0 Å². The van der Waals surface area contributed by atoms with Gasteiger partial charge in [0.2, 0.25) is 0 Å². The van der Waals surface area contributed by atoms with Gasteiger partial charge in [-0.3, -0.25) is 4.52 Å². The molecule has 3 nitrogen and oxygen atoms in total. The summed E-state index contributed by atoms with van der Waals surface area (Å²) in [5, 5.41) is 0. The molecule has 0 saturated heterocycles. The first-order chi connectivity index (χ1) is 6.69. The lowest BCUT2D eigenvalue weighted by molar-refractivity contribution is 0.187. The van der Waals surface area contributed by atoms with E-state index in [2.05, 4.69) is 0 Å². The summed E-state index contributed by atoms with van der Waals surface area (Å²) in [6, 6.07) is 0. The van der Waals surface area contributed by atoms with Crippen LogP contribution < -0.4 is 0 Å². The molecule has 0 aliphatic heterocycles. The summed E-state index contributed by atoms with van der Waals surface area (Å²) in [6.45, 7) is 8.66. The standard InChI is InChI=1S/C9H17Cl2O3P/c1-6(2)13-15(12,7(3)4)14-8(5)9(10)11/h6-7H,1-5H3. The highest BCUT2D eigenvalue weighted by molar-refractivity contribution is 7.54. The van der Waals surface area contributed by atoms with Crippen LogP contribution in [0.15, 0.2) is 10.3 Å². The van der Waals surface area contributed by atoms with Crippen molar-refractivity contribution in [3.05, 3.63) is 10.3 Å². The predicted octanol–water partition coefficient (Wildman–Crippen LogP) is 4.70. The van der Waals surface area contributed by atoms with Crippen LogP contribution in [0.1, 0.15) is 34.6 Å². The number of hydrogen-bond acceptors (Lipinski definition) is 3. The molecular formula is C9H17Cl2O3P. The average Bonchev–Trinajstić information content (AvgIpc) is 2.01. The quantitative estimate of drug-likeness (QED) is 0.539. The average molecular weight is 275 g/mol. The molecule has 0 fully saturated rings. The van der Waals surface area contributed by atoms with Gasteiger partial charge in [-0.05, 0) is 20.8 Å². The van der Waals surface area contributed by atoms with Gasteiger partial charge < -0.3 is 4.52 Å². The highest BCUT2D eigenvalue weighted by atomic mass is 35.5. The number of hydrogen-bond donors (Lipinski definition) is 0. The Morgan fingerprint density at radius 1 is 1.20 bits per heavy atom. The zero-order valence-corrected chi connectivity index (χ0v) is 12.0. The fourth-order valence-electron chi connectivity index (χ4n) is 0.768. The molecule has 0 heterocycles. The van der Waals surface area contributed by atoms with Gasteiger partial charge in [-0.25, -0.2) is 4.57 Å². The highest BCUT2D eigenvalue weighted by Crippen LogP contribution is 2.55. The minimum atomic E-state index is -3.18. The van der Waals surface area contributed by atoms with Gasteiger partial charge in [0.15, 0.2) is 0 Å². The van der Waals surface area contributed by atoms with Gasteiger partial charge >= 0.3 is 7.60 Å². The van der Waals surface area contributed by atoms with Crippen molar-refractivity contribution < 1.29 is 13.6 Å². The van der Waals surface area contributed by atoms with Crippen LogP contribution in [-0.4, -0.2) is 11.8 Å². The molecule has 0 aromatic carbocycles. The van der Waals surface area contributed by atoms with E-state index in [1.807, 2.05) is 0 Å². The summed E-state index contributed by atoms with van der Waals surface area (Å²) in [4.78, 5) is 0. The Morgan fingerprint density at radius 3 is 1.93 bits per heavy atom. The number of allylic oxidation sites excluding steroid dienone is 1. The third-order valence-corrected chi connectivity index (χ3v) is 4.56. The van der Waals surface area contributed by atoms with E-state index in [1.54, 1.807) is 34.6 Å². The SMILES string of the molecule is CC(OP(=O)(OC(C)C)C(C)C)=C(Cl)Cl. The predicted molar refractivity (Wildman–Crippen MR) is 64.5 cm³/mol. The second-order valence-electron chi connectivity index (χ2n) is 3.70. The van der Waals surface area contributed by atoms with E-state index in [9.17, 15) is 4.57 Å². The number of rotatable bonds is 5. The monoisotopic (exact) mass is 274 g/mol. The molecule has 0 aromatic rings. The van der Waals surface area contributed by atoms with E-state index in [-0.39, 0.29) is 22.0 Å². The van der Waals surface area contributed by atoms with Crippen molar-refractivity contribution in [2.75, 3.05) is 0 Å². The summed E-state index contributed by atoms with van der Waals surface area (Å²) in [7, 11) is -3.18. The normalized spacial score (nSPS) is 15.3. The summed E-state index contributed by atoms with van der Waals surface area (Å²) in [6.07, 6.45) is -0.180. The molecule has 90 valence electrons. The molecule has 0 aliphatic carbocycles. The summed E-state index contributed by atoms with van der Waals surface area (Å²) in [5.41, 5.74) is -0.248. The molecular weight excluding hydrogens is 258 g/mol. The topological polar surface area (TPSA) is 35.5 Å². The van der Waals surface area contributed by atoms with E-state index in [0.717, 1.165) is 0 Å². The second kappa shape index (κ2) is 6.15. The fourth-order valence-corrected chi connectivity index (χ4v) is 2.51. The van der Waals surface area contributed by atoms with Gasteiger partial charge in [0, 0.05) is 0 Å². The van der Waals surface area contributed by atoms with E-state index in [4.69, 9.17) is 32.2 Å². The van der Waals surface area contributed by atoms with Crippen LogP contribution in [0.5, 0.6) is 0 Å². The van der Waals surface area contributed by atoms with Crippen molar-refractivity contribution in [2.45, 2.75) is 46.4 Å². The fraction of sp³-hybridized carbons (Fsp3) is 0.778. The lowest BCUT2D eigenvalue weighted by Gasteiger charge is -2.24. The Hall–Kier alpha value is 0.310. The van der Waals surface area contributed by atoms with Crippen molar-refractivity contribution >= 4 is 30.8 Å². The first-order valence-corrected chi connectivity index (χ1v) is 7.05. The smallest absolute Gasteiger partial charge is 0.381 e. The lowest BCUT2D eigenvalue weighted by Crippen LogP contribution is -2.10. The molecule has 0 bridgehead atoms. The Bertz CT molecular complexity index is 283. The van der Waals surface area contributed by atoms with Crippen LogP contribution in [0.2, 0.25) is 0 Å². The molecule has 0 aromatic heterocycles. The van der Waals surface area contributed by atoms with Crippen molar-refractivity contribution in [1.29, 1.82) is 0 Å². The molecule has 1 unspecified atom stereocenters. The second-order valence-corrected chi connectivity index (χ2v) is 7.15. The first-order valence-electron chi connectivity index (χ1n) is 4.68. The third kappa shape index (κ3) is 5.26. The van der Waals surface area contributed by atoms with Gasteiger partial charge in [0.05, 0.1) is 11.8 Å². The Kier molecular flexibility index (Phi) is 6.27. The van der Waals surface area contributed by atoms with Crippen molar-refractivity contribution in [1.82, 2.24) is 0 Å². The molecule has 0 spiro atoms. The Labute approximate surface area is 101 Å². The molecule has 15 heavy (non-hydrogen) atoms. The van der Waals surface area contributed by atoms with Crippen LogP contribution >= 0.6 is 30.8 Å². The van der Waals surface area contributed by atoms with Gasteiger partial charge in [0.25, 0.3) is 0 Å². The van der Waals surface area contributed by atoms with Gasteiger partial charge in [-0.15, -0.1) is 0 Å². The van der Waals surface area contributed by atoms with Crippen LogP contribution in [-0.2, 0) is 13.6 Å². The van der Waals surface area contributed by atoms with Crippen LogP contribution in [0.25, 0.3) is 0 Å². The molecule has 0 amide bonds. The lowest BCUT2D eigenvalue weighted by atomic mass is 10.5. The molecule has 6 heteroatoms. The summed E-state index contributed by atoms with van der Waals surface area (Å²) in [5.74, 6) is 0.219. The molecule has 0 radical (unpaired) electrons. The Morgan fingerprint density at radius 2 is 1.67 bits per heavy atom. The van der Waals surface area contributed by atoms with E-state index in [0.29, 0.717) is 0 Å². The first kappa shape index (κ1) is 15.3.